The van der Waals surface area contributed by atoms with Crippen molar-refractivity contribution in [3.05, 3.63) is 57.6 Å². The van der Waals surface area contributed by atoms with E-state index in [0.29, 0.717) is 24.2 Å². The Kier molecular flexibility index (Phi) is 8.05. The number of nitrogens with two attached hydrogens (primary N) is 1. The van der Waals surface area contributed by atoms with E-state index in [1.165, 1.54) is 27.2 Å². The zero-order valence-corrected chi connectivity index (χ0v) is 21.1. The monoisotopic (exact) mass is 531 g/mol. The van der Waals surface area contributed by atoms with Crippen LogP contribution in [0.1, 0.15) is 60.0 Å². The molecule has 0 heterocycles. The van der Waals surface area contributed by atoms with Crippen molar-refractivity contribution in [3.63, 3.8) is 0 Å². The molecule has 0 aliphatic heterocycles. The fraction of sp³-hybridized carbons (Fsp3) is 0.385. The molecule has 1 aliphatic rings. The number of benzene rings is 2. The van der Waals surface area contributed by atoms with Gasteiger partial charge in [-0.05, 0) is 55.4 Å². The quantitative estimate of drug-likeness (QED) is 0.318. The summed E-state index contributed by atoms with van der Waals surface area (Å²) in [7, 11) is 2.87. The first kappa shape index (κ1) is 25.8. The van der Waals surface area contributed by atoms with Crippen LogP contribution in [0.15, 0.2) is 40.9 Å². The van der Waals surface area contributed by atoms with Crippen molar-refractivity contribution in [3.8, 4) is 17.2 Å². The average molecular weight is 532 g/mol. The van der Waals surface area contributed by atoms with E-state index in [2.05, 4.69) is 15.9 Å². The molecule has 3 rings (SSSR count). The highest BCUT2D eigenvalue weighted by Crippen LogP contribution is 2.51. The molecule has 1 aliphatic carbocycles. The molecule has 0 bridgehead atoms. The van der Waals surface area contributed by atoms with E-state index in [0.717, 1.165) is 22.9 Å². The summed E-state index contributed by atoms with van der Waals surface area (Å²) in [6, 6.07) is 9.02. The van der Waals surface area contributed by atoms with E-state index in [9.17, 15) is 19.8 Å². The molecule has 0 unspecified atom stereocenters. The number of carboxylic acids is 1. The lowest BCUT2D eigenvalue weighted by atomic mass is 9.66. The number of phenolic OH excluding ortho intramolecular Hbond substituents is 1. The third kappa shape index (κ3) is 5.13. The standard InChI is InChI=1S/C26H30BrNO6/c1-26(28,25(31)32)18-10-5-4-9-17(18)22-20(33-2)14-21(34-3)23(24(22)30)19(29)12-11-15-7-6-8-16(27)13-15/h6-8,11-14,17-18,30H,4-5,9-10,28H2,1-3H3,(H,31,32)/t17-,18-,26+/m1/s1. The normalized spacial score (nSPS) is 20.0. The Balaban J connectivity index is 2.12. The second-order valence-corrected chi connectivity index (χ2v) is 9.67. The molecule has 2 aromatic rings. The van der Waals surface area contributed by atoms with Crippen molar-refractivity contribution in [2.45, 2.75) is 44.1 Å². The Morgan fingerprint density at radius 3 is 2.44 bits per heavy atom. The van der Waals surface area contributed by atoms with Crippen LogP contribution in [-0.2, 0) is 4.79 Å². The van der Waals surface area contributed by atoms with Gasteiger partial charge in [0.1, 0.15) is 28.4 Å². The highest BCUT2D eigenvalue weighted by molar-refractivity contribution is 9.10. The van der Waals surface area contributed by atoms with E-state index < -0.39 is 29.1 Å². The van der Waals surface area contributed by atoms with Crippen LogP contribution in [0.4, 0.5) is 0 Å². The molecule has 4 N–H and O–H groups in total. The first-order chi connectivity index (χ1) is 16.1. The molecule has 182 valence electrons. The predicted molar refractivity (Wildman–Crippen MR) is 134 cm³/mol. The van der Waals surface area contributed by atoms with Crippen molar-refractivity contribution < 1.29 is 29.3 Å². The topological polar surface area (TPSA) is 119 Å². The Labute approximate surface area is 207 Å². The second kappa shape index (κ2) is 10.6. The lowest BCUT2D eigenvalue weighted by Crippen LogP contribution is -2.54. The minimum Gasteiger partial charge on any atom is -0.507 e. The molecule has 2 aromatic carbocycles. The van der Waals surface area contributed by atoms with Crippen LogP contribution in [0.25, 0.3) is 6.08 Å². The number of aliphatic carboxylic acids is 1. The number of aromatic hydroxyl groups is 1. The van der Waals surface area contributed by atoms with Crippen LogP contribution in [0, 0.1) is 5.92 Å². The number of ether oxygens (including phenoxy) is 2. The molecule has 3 atom stereocenters. The molecule has 0 saturated heterocycles. The number of halogens is 1. The molecular weight excluding hydrogens is 502 g/mol. The van der Waals surface area contributed by atoms with Gasteiger partial charge in [-0.25, -0.2) is 0 Å². The maximum absolute atomic E-state index is 13.2. The van der Waals surface area contributed by atoms with Crippen LogP contribution in [0.5, 0.6) is 17.2 Å². The molecule has 34 heavy (non-hydrogen) atoms. The van der Waals surface area contributed by atoms with Gasteiger partial charge in [0.05, 0.1) is 14.2 Å². The molecule has 1 saturated carbocycles. The minimum absolute atomic E-state index is 0.00270. The third-order valence-corrected chi connectivity index (χ3v) is 7.09. The molecule has 7 nitrogen and oxygen atoms in total. The van der Waals surface area contributed by atoms with Gasteiger partial charge in [0.15, 0.2) is 5.78 Å². The van der Waals surface area contributed by atoms with Crippen LogP contribution in [0.3, 0.4) is 0 Å². The van der Waals surface area contributed by atoms with Crippen LogP contribution in [-0.4, -0.2) is 41.7 Å². The van der Waals surface area contributed by atoms with Crippen molar-refractivity contribution in [1.82, 2.24) is 0 Å². The smallest absolute Gasteiger partial charge is 0.323 e. The summed E-state index contributed by atoms with van der Waals surface area (Å²) in [4.78, 5) is 25.2. The number of hydrogen-bond donors (Lipinski definition) is 3. The van der Waals surface area contributed by atoms with Gasteiger partial charge in [0, 0.05) is 16.1 Å². The molecule has 0 spiro atoms. The van der Waals surface area contributed by atoms with Crippen molar-refractivity contribution in [2.75, 3.05) is 14.2 Å². The van der Waals surface area contributed by atoms with Gasteiger partial charge in [-0.1, -0.05) is 47.0 Å². The number of hydrogen-bond acceptors (Lipinski definition) is 6. The summed E-state index contributed by atoms with van der Waals surface area (Å²) in [5, 5.41) is 21.2. The molecule has 1 fully saturated rings. The number of phenols is 1. The summed E-state index contributed by atoms with van der Waals surface area (Å²) < 4.78 is 11.8. The maximum atomic E-state index is 13.2. The Morgan fingerprint density at radius 1 is 1.15 bits per heavy atom. The molecule has 0 amide bonds. The highest BCUT2D eigenvalue weighted by atomic mass is 79.9. The third-order valence-electron chi connectivity index (χ3n) is 6.60. The van der Waals surface area contributed by atoms with Gasteiger partial charge in [0.25, 0.3) is 0 Å². The highest BCUT2D eigenvalue weighted by Gasteiger charge is 2.45. The molecule has 8 heteroatoms. The number of carbonyl (C=O) groups excluding carboxylic acids is 1. The number of rotatable bonds is 8. The number of allylic oxidation sites excluding steroid dienone is 1. The first-order valence-electron chi connectivity index (χ1n) is 11.1. The van der Waals surface area contributed by atoms with E-state index in [1.807, 2.05) is 24.3 Å². The fourth-order valence-electron chi connectivity index (χ4n) is 4.78. The molecule has 0 radical (unpaired) electrons. The Morgan fingerprint density at radius 2 is 1.82 bits per heavy atom. The van der Waals surface area contributed by atoms with E-state index >= 15 is 0 Å². The first-order valence-corrected chi connectivity index (χ1v) is 11.9. The summed E-state index contributed by atoms with van der Waals surface area (Å²) in [5.74, 6) is -2.17. The van der Waals surface area contributed by atoms with Gasteiger partial charge in [-0.3, -0.25) is 9.59 Å². The zero-order chi connectivity index (χ0) is 25.0. The largest absolute Gasteiger partial charge is 0.507 e. The minimum atomic E-state index is -1.51. The van der Waals surface area contributed by atoms with E-state index in [1.54, 1.807) is 12.1 Å². The van der Waals surface area contributed by atoms with E-state index in [4.69, 9.17) is 15.2 Å². The average Bonchev–Trinajstić information content (AvgIpc) is 2.81. The zero-order valence-electron chi connectivity index (χ0n) is 19.5. The number of carbonyl (C=O) groups is 2. The molecular formula is C26H30BrNO6. The van der Waals surface area contributed by atoms with Gasteiger partial charge in [-0.15, -0.1) is 0 Å². The number of ketones is 1. The molecule has 0 aromatic heterocycles. The van der Waals surface area contributed by atoms with Gasteiger partial charge >= 0.3 is 5.97 Å². The van der Waals surface area contributed by atoms with Crippen LogP contribution >= 0.6 is 15.9 Å². The summed E-state index contributed by atoms with van der Waals surface area (Å²) in [6.45, 7) is 1.50. The van der Waals surface area contributed by atoms with Crippen LogP contribution < -0.4 is 15.2 Å². The predicted octanol–water partition coefficient (Wildman–Crippen LogP) is 5.14. The summed E-state index contributed by atoms with van der Waals surface area (Å²) in [6.07, 6.45) is 5.91. The SMILES string of the molecule is COc1cc(OC)c([C@@H]2CCCC[C@H]2[C@](C)(N)C(=O)O)c(O)c1C(=O)C=Cc1cccc(Br)c1. The van der Waals surface area contributed by atoms with Gasteiger partial charge < -0.3 is 25.4 Å². The van der Waals surface area contributed by atoms with Crippen molar-refractivity contribution in [1.29, 1.82) is 0 Å². The second-order valence-electron chi connectivity index (χ2n) is 8.76. The Bertz CT molecular complexity index is 1110. The van der Waals surface area contributed by atoms with Gasteiger partial charge in [-0.2, -0.15) is 0 Å². The van der Waals surface area contributed by atoms with E-state index in [-0.39, 0.29) is 17.1 Å². The van der Waals surface area contributed by atoms with Crippen molar-refractivity contribution >= 4 is 33.8 Å². The fourth-order valence-corrected chi connectivity index (χ4v) is 5.20. The lowest BCUT2D eigenvalue weighted by Gasteiger charge is -2.40. The summed E-state index contributed by atoms with van der Waals surface area (Å²) in [5.41, 5.74) is 5.95. The van der Waals surface area contributed by atoms with Gasteiger partial charge in [0.2, 0.25) is 0 Å². The Hall–Kier alpha value is -2.84. The van der Waals surface area contributed by atoms with Crippen molar-refractivity contribution in [2.24, 2.45) is 11.7 Å². The number of methoxy groups -OCH3 is 2. The maximum Gasteiger partial charge on any atom is 0.323 e. The summed E-state index contributed by atoms with van der Waals surface area (Å²) >= 11 is 3.40. The van der Waals surface area contributed by atoms with Crippen LogP contribution in [0.2, 0.25) is 0 Å². The number of carboxylic acid groups (broad SMARTS) is 1. The lowest BCUT2D eigenvalue weighted by molar-refractivity contribution is -0.145.